The van der Waals surface area contributed by atoms with Crippen LogP contribution in [0, 0.1) is 28.6 Å². The van der Waals surface area contributed by atoms with Gasteiger partial charge in [0, 0.05) is 10.8 Å². The molecule has 0 aromatic carbocycles. The van der Waals surface area contributed by atoms with E-state index in [0.717, 1.165) is 12.0 Å². The molecule has 20 heavy (non-hydrogen) atoms. The summed E-state index contributed by atoms with van der Waals surface area (Å²) in [5, 5.41) is 9.74. The molecule has 0 aliphatic heterocycles. The van der Waals surface area contributed by atoms with Gasteiger partial charge < -0.3 is 5.11 Å². The van der Waals surface area contributed by atoms with E-state index in [-0.39, 0.29) is 0 Å². The van der Waals surface area contributed by atoms with Crippen molar-refractivity contribution in [2.45, 2.75) is 54.4 Å². The van der Waals surface area contributed by atoms with E-state index >= 15 is 0 Å². The molecule has 0 aromatic rings. The highest BCUT2D eigenvalue weighted by Crippen LogP contribution is 2.81. The van der Waals surface area contributed by atoms with Crippen LogP contribution in [-0.2, 0) is 4.79 Å². The molecular formula is C18H26O2. The topological polar surface area (TPSA) is 37.3 Å². The number of aliphatic carboxylic acids is 1. The molecule has 1 aliphatic rings. The average molecular weight is 274 g/mol. The molecule has 0 spiro atoms. The molecule has 1 fully saturated rings. The molecule has 0 amide bonds. The van der Waals surface area contributed by atoms with E-state index in [2.05, 4.69) is 31.9 Å². The summed E-state index contributed by atoms with van der Waals surface area (Å²) in [6.45, 7) is 12.1. The fourth-order valence-corrected chi connectivity index (χ4v) is 3.88. The van der Waals surface area contributed by atoms with Crippen molar-refractivity contribution in [3.63, 3.8) is 0 Å². The van der Waals surface area contributed by atoms with Crippen LogP contribution in [0.3, 0.4) is 0 Å². The van der Waals surface area contributed by atoms with Gasteiger partial charge in [-0.3, -0.25) is 4.79 Å². The van der Waals surface area contributed by atoms with Gasteiger partial charge in [-0.1, -0.05) is 50.0 Å². The first-order valence-corrected chi connectivity index (χ1v) is 7.15. The molecule has 110 valence electrons. The summed E-state index contributed by atoms with van der Waals surface area (Å²) in [6.07, 6.45) is 11.6. The molecule has 1 N–H and O–H groups in total. The van der Waals surface area contributed by atoms with Gasteiger partial charge in [0.05, 0.1) is 0 Å². The third kappa shape index (κ3) is 1.92. The van der Waals surface area contributed by atoms with Gasteiger partial charge in [-0.15, -0.1) is 6.42 Å². The van der Waals surface area contributed by atoms with E-state index in [9.17, 15) is 9.90 Å². The number of hydrogen-bond acceptors (Lipinski definition) is 1. The Morgan fingerprint density at radius 2 is 1.85 bits per heavy atom. The molecule has 1 aliphatic carbocycles. The summed E-state index contributed by atoms with van der Waals surface area (Å²) in [5.74, 6) is 1.73. The number of carbonyl (C=O) groups is 1. The van der Waals surface area contributed by atoms with Crippen molar-refractivity contribution in [2.75, 3.05) is 0 Å². The smallest absolute Gasteiger partial charge is 0.323 e. The SMILES string of the molecule is C#CC1(C(=O)O)C(C)(C)C1(C=C(C)C)CC(C)=CCC. The molecule has 2 heteroatoms. The maximum absolute atomic E-state index is 11.9. The Kier molecular flexibility index (Phi) is 4.25. The van der Waals surface area contributed by atoms with Gasteiger partial charge in [0.1, 0.15) is 5.41 Å². The van der Waals surface area contributed by atoms with E-state index in [1.165, 1.54) is 5.57 Å². The largest absolute Gasteiger partial charge is 0.480 e. The Bertz CT molecular complexity index is 512. The van der Waals surface area contributed by atoms with Crippen LogP contribution in [0.2, 0.25) is 0 Å². The summed E-state index contributed by atoms with van der Waals surface area (Å²) in [6, 6.07) is 0. The normalized spacial score (nSPS) is 31.4. The first-order chi connectivity index (χ1) is 9.13. The molecule has 0 radical (unpaired) electrons. The van der Waals surface area contributed by atoms with Crippen LogP contribution in [0.25, 0.3) is 0 Å². The molecule has 0 saturated heterocycles. The van der Waals surface area contributed by atoms with Crippen molar-refractivity contribution in [3.8, 4) is 12.3 Å². The summed E-state index contributed by atoms with van der Waals surface area (Å²) < 4.78 is 0. The van der Waals surface area contributed by atoms with Gasteiger partial charge >= 0.3 is 5.97 Å². The third-order valence-corrected chi connectivity index (χ3v) is 4.84. The lowest BCUT2D eigenvalue weighted by Crippen LogP contribution is -2.22. The predicted molar refractivity (Wildman–Crippen MR) is 83.2 cm³/mol. The minimum atomic E-state index is -1.11. The van der Waals surface area contributed by atoms with Crippen LogP contribution in [0.5, 0.6) is 0 Å². The average Bonchev–Trinajstić information content (AvgIpc) is 2.68. The first kappa shape index (κ1) is 16.6. The third-order valence-electron chi connectivity index (χ3n) is 4.84. The van der Waals surface area contributed by atoms with Crippen LogP contribution < -0.4 is 0 Å². The molecule has 1 saturated carbocycles. The standard InChI is InChI=1S/C18H26O2/c1-8-10-14(5)12-17(11-13(3)4)16(6,7)18(17,9-2)15(19)20/h2,10-11H,8,12H2,1,3-7H3,(H,19,20). The zero-order valence-electron chi connectivity index (χ0n) is 13.5. The monoisotopic (exact) mass is 274 g/mol. The highest BCUT2D eigenvalue weighted by Gasteiger charge is 2.84. The summed E-state index contributed by atoms with van der Waals surface area (Å²) in [5.41, 5.74) is 0.271. The van der Waals surface area contributed by atoms with Crippen LogP contribution >= 0.6 is 0 Å². The molecular weight excluding hydrogens is 248 g/mol. The summed E-state index contributed by atoms with van der Waals surface area (Å²) in [4.78, 5) is 11.9. The number of terminal acetylenes is 1. The van der Waals surface area contributed by atoms with Crippen molar-refractivity contribution < 1.29 is 9.90 Å². The van der Waals surface area contributed by atoms with Gasteiger partial charge in [0.15, 0.2) is 0 Å². The molecule has 2 atom stereocenters. The maximum atomic E-state index is 11.9. The van der Waals surface area contributed by atoms with Crippen LogP contribution in [0.4, 0.5) is 0 Å². The molecule has 2 nitrogen and oxygen atoms in total. The second-order valence-corrected chi connectivity index (χ2v) is 6.65. The van der Waals surface area contributed by atoms with Crippen LogP contribution in [0.15, 0.2) is 23.3 Å². The van der Waals surface area contributed by atoms with Gasteiger partial charge in [0.25, 0.3) is 0 Å². The lowest BCUT2D eigenvalue weighted by atomic mass is 9.84. The van der Waals surface area contributed by atoms with Gasteiger partial charge in [-0.05, 0) is 33.6 Å². The zero-order valence-corrected chi connectivity index (χ0v) is 13.5. The minimum Gasteiger partial charge on any atom is -0.480 e. The summed E-state index contributed by atoms with van der Waals surface area (Å²) in [7, 11) is 0. The van der Waals surface area contributed by atoms with Crippen molar-refractivity contribution >= 4 is 5.97 Å². The Labute approximate surface area is 123 Å². The number of carboxylic acid groups (broad SMARTS) is 1. The summed E-state index contributed by atoms with van der Waals surface area (Å²) >= 11 is 0. The Hall–Kier alpha value is -1.49. The number of allylic oxidation sites excluding steroid dienone is 4. The number of hydrogen-bond donors (Lipinski definition) is 1. The minimum absolute atomic E-state index is 0.444. The van der Waals surface area contributed by atoms with Gasteiger partial charge in [0.2, 0.25) is 0 Å². The lowest BCUT2D eigenvalue weighted by Gasteiger charge is -2.18. The van der Waals surface area contributed by atoms with E-state index < -0.39 is 22.2 Å². The lowest BCUT2D eigenvalue weighted by molar-refractivity contribution is -0.142. The second-order valence-electron chi connectivity index (χ2n) is 6.65. The van der Waals surface area contributed by atoms with Crippen molar-refractivity contribution in [2.24, 2.45) is 16.2 Å². The maximum Gasteiger partial charge on any atom is 0.323 e. The highest BCUT2D eigenvalue weighted by atomic mass is 16.4. The molecule has 0 aromatic heterocycles. The zero-order chi connectivity index (χ0) is 15.8. The number of rotatable bonds is 5. The Morgan fingerprint density at radius 3 is 2.15 bits per heavy atom. The Balaban J connectivity index is 3.44. The van der Waals surface area contributed by atoms with E-state index in [0.29, 0.717) is 6.42 Å². The van der Waals surface area contributed by atoms with Crippen LogP contribution in [0.1, 0.15) is 54.4 Å². The van der Waals surface area contributed by atoms with Crippen molar-refractivity contribution in [1.29, 1.82) is 0 Å². The Morgan fingerprint density at radius 1 is 1.30 bits per heavy atom. The van der Waals surface area contributed by atoms with E-state index in [1.54, 1.807) is 0 Å². The molecule has 1 rings (SSSR count). The molecule has 0 bridgehead atoms. The van der Waals surface area contributed by atoms with Gasteiger partial charge in [-0.25, -0.2) is 0 Å². The second kappa shape index (κ2) is 5.13. The fraction of sp³-hybridized carbons (Fsp3) is 0.611. The van der Waals surface area contributed by atoms with Crippen LogP contribution in [-0.4, -0.2) is 11.1 Å². The predicted octanol–water partition coefficient (Wildman–Crippen LogP) is 4.43. The van der Waals surface area contributed by atoms with E-state index in [4.69, 9.17) is 6.42 Å². The van der Waals surface area contributed by atoms with Crippen molar-refractivity contribution in [3.05, 3.63) is 23.3 Å². The van der Waals surface area contributed by atoms with Gasteiger partial charge in [-0.2, -0.15) is 0 Å². The van der Waals surface area contributed by atoms with E-state index in [1.807, 2.05) is 27.7 Å². The quantitative estimate of drug-likeness (QED) is 0.595. The molecule has 0 heterocycles. The first-order valence-electron chi connectivity index (χ1n) is 7.15. The molecule has 2 unspecified atom stereocenters. The fourth-order valence-electron chi connectivity index (χ4n) is 3.88. The highest BCUT2D eigenvalue weighted by molar-refractivity contribution is 5.88. The number of carboxylic acids is 1. The van der Waals surface area contributed by atoms with Crippen molar-refractivity contribution in [1.82, 2.24) is 0 Å².